The lowest BCUT2D eigenvalue weighted by Crippen LogP contribution is -2.46. The Morgan fingerprint density at radius 2 is 1.75 bits per heavy atom. The van der Waals surface area contributed by atoms with Gasteiger partial charge in [0, 0.05) is 35.0 Å². The summed E-state index contributed by atoms with van der Waals surface area (Å²) < 4.78 is 0. The van der Waals surface area contributed by atoms with Crippen LogP contribution in [0.2, 0.25) is 0 Å². The van der Waals surface area contributed by atoms with Crippen molar-refractivity contribution in [3.8, 4) is 0 Å². The molecule has 0 atom stereocenters. The zero-order valence-corrected chi connectivity index (χ0v) is 18.8. The molecule has 1 aliphatic rings. The van der Waals surface area contributed by atoms with Crippen LogP contribution in [-0.4, -0.2) is 30.2 Å². The average molecular weight is 436 g/mol. The zero-order valence-electron chi connectivity index (χ0n) is 18.8. The predicted molar refractivity (Wildman–Crippen MR) is 126 cm³/mol. The van der Waals surface area contributed by atoms with E-state index in [1.165, 1.54) is 0 Å². The van der Waals surface area contributed by atoms with Gasteiger partial charge in [-0.25, -0.2) is 0 Å². The molecule has 4 N–H and O–H groups in total. The summed E-state index contributed by atoms with van der Waals surface area (Å²) in [4.78, 5) is 40.3. The Balaban J connectivity index is 1.78. The molecule has 2 aromatic rings. The van der Waals surface area contributed by atoms with E-state index in [0.29, 0.717) is 24.2 Å². The molecule has 3 amide bonds. The molecule has 8 heteroatoms. The van der Waals surface area contributed by atoms with Crippen LogP contribution in [0.15, 0.2) is 47.5 Å². The number of aliphatic imine (C=N–C) groups is 1. The lowest BCUT2D eigenvalue weighted by molar-refractivity contribution is -0.120. The van der Waals surface area contributed by atoms with Gasteiger partial charge in [-0.2, -0.15) is 0 Å². The Morgan fingerprint density at radius 3 is 2.44 bits per heavy atom. The minimum Gasteiger partial charge on any atom is -0.355 e. The lowest BCUT2D eigenvalue weighted by atomic mass is 9.98. The number of hydrogen-bond donors (Lipinski definition) is 4. The van der Waals surface area contributed by atoms with Crippen molar-refractivity contribution in [3.05, 3.63) is 53.6 Å². The number of carbonyl (C=O) groups is 3. The summed E-state index contributed by atoms with van der Waals surface area (Å²) in [5.41, 5.74) is 3.84. The summed E-state index contributed by atoms with van der Waals surface area (Å²) in [6.45, 7) is 8.15. The first-order valence-electron chi connectivity index (χ1n) is 10.7. The molecule has 3 rings (SSSR count). The maximum absolute atomic E-state index is 12.7. The monoisotopic (exact) mass is 435 g/mol. The zero-order chi connectivity index (χ0) is 23.3. The minimum absolute atomic E-state index is 0.0425. The van der Waals surface area contributed by atoms with E-state index >= 15 is 0 Å². The number of rotatable bonds is 6. The highest BCUT2D eigenvalue weighted by molar-refractivity contribution is 6.10. The van der Waals surface area contributed by atoms with Crippen molar-refractivity contribution in [2.75, 3.05) is 17.2 Å². The first kappa shape index (κ1) is 23.0. The van der Waals surface area contributed by atoms with Gasteiger partial charge >= 0.3 is 0 Å². The smallest absolute Gasteiger partial charge is 0.257 e. The van der Waals surface area contributed by atoms with E-state index in [-0.39, 0.29) is 35.5 Å². The van der Waals surface area contributed by atoms with Gasteiger partial charge in [0.1, 0.15) is 0 Å². The first-order chi connectivity index (χ1) is 15.2. The van der Waals surface area contributed by atoms with Gasteiger partial charge in [-0.15, -0.1) is 0 Å². The second-order valence-corrected chi connectivity index (χ2v) is 8.29. The topological polar surface area (TPSA) is 112 Å². The van der Waals surface area contributed by atoms with Gasteiger partial charge in [0.2, 0.25) is 17.8 Å². The standard InChI is InChI=1S/C24H29N5O3/c1-14(2)19-12-16(23(32)29-24-25-11-10-21(30)28-24)8-9-20(19)26-17-6-5-7-18(13-17)27-22(31)15(3)4/h5-9,12-15,26H,10-11H2,1-4H3,(H,27,31)(H2,25,28,29,30,32). The van der Waals surface area contributed by atoms with Gasteiger partial charge in [0.15, 0.2) is 0 Å². The van der Waals surface area contributed by atoms with Crippen LogP contribution in [0.25, 0.3) is 0 Å². The largest absolute Gasteiger partial charge is 0.355 e. The molecule has 0 aromatic heterocycles. The van der Waals surface area contributed by atoms with E-state index in [9.17, 15) is 14.4 Å². The fourth-order valence-electron chi connectivity index (χ4n) is 3.17. The second-order valence-electron chi connectivity index (χ2n) is 8.29. The molecule has 8 nitrogen and oxygen atoms in total. The van der Waals surface area contributed by atoms with Crippen molar-refractivity contribution in [2.24, 2.45) is 10.9 Å². The fourth-order valence-corrected chi connectivity index (χ4v) is 3.17. The normalized spacial score (nSPS) is 13.4. The van der Waals surface area contributed by atoms with E-state index in [2.05, 4.69) is 26.3 Å². The third-order valence-corrected chi connectivity index (χ3v) is 4.97. The molecule has 0 bridgehead atoms. The van der Waals surface area contributed by atoms with E-state index in [1.807, 2.05) is 64.1 Å². The van der Waals surface area contributed by atoms with E-state index in [1.54, 1.807) is 6.07 Å². The van der Waals surface area contributed by atoms with E-state index in [4.69, 9.17) is 0 Å². The molecule has 0 saturated carbocycles. The number of amides is 3. The summed E-state index contributed by atoms with van der Waals surface area (Å²) in [6, 6.07) is 12.9. The lowest BCUT2D eigenvalue weighted by Gasteiger charge is -2.18. The van der Waals surface area contributed by atoms with Crippen molar-refractivity contribution >= 4 is 40.7 Å². The van der Waals surface area contributed by atoms with Crippen molar-refractivity contribution < 1.29 is 14.4 Å². The Hall–Kier alpha value is -3.68. The van der Waals surface area contributed by atoms with E-state index < -0.39 is 0 Å². The molecular formula is C24H29N5O3. The van der Waals surface area contributed by atoms with Gasteiger partial charge in [-0.3, -0.25) is 30.0 Å². The van der Waals surface area contributed by atoms with Gasteiger partial charge in [0.25, 0.3) is 5.91 Å². The van der Waals surface area contributed by atoms with Crippen molar-refractivity contribution in [1.82, 2.24) is 10.6 Å². The molecule has 168 valence electrons. The van der Waals surface area contributed by atoms with Crippen molar-refractivity contribution in [2.45, 2.75) is 40.0 Å². The van der Waals surface area contributed by atoms with Crippen LogP contribution in [-0.2, 0) is 9.59 Å². The SMILES string of the molecule is CC(C)C(=O)Nc1cccc(Nc2ccc(C(=O)NC3=NCCC(=O)N3)cc2C(C)C)c1. The van der Waals surface area contributed by atoms with Crippen LogP contribution in [0, 0.1) is 5.92 Å². The Kier molecular flexibility index (Phi) is 7.25. The summed E-state index contributed by atoms with van der Waals surface area (Å²) >= 11 is 0. The molecule has 2 aromatic carbocycles. The molecular weight excluding hydrogens is 406 g/mol. The minimum atomic E-state index is -0.335. The molecule has 0 unspecified atom stereocenters. The van der Waals surface area contributed by atoms with Crippen LogP contribution < -0.4 is 21.3 Å². The number of nitrogens with one attached hydrogen (secondary N) is 4. The molecule has 1 aliphatic heterocycles. The number of nitrogens with zero attached hydrogens (tertiary/aromatic N) is 1. The van der Waals surface area contributed by atoms with Crippen molar-refractivity contribution in [1.29, 1.82) is 0 Å². The van der Waals surface area contributed by atoms with Gasteiger partial charge in [-0.05, 0) is 47.9 Å². The molecule has 1 heterocycles. The number of anilines is 3. The Bertz CT molecular complexity index is 1060. The van der Waals surface area contributed by atoms with Crippen LogP contribution in [0.1, 0.15) is 56.0 Å². The highest BCUT2D eigenvalue weighted by atomic mass is 16.2. The quantitative estimate of drug-likeness (QED) is 0.554. The Labute approximate surface area is 187 Å². The predicted octanol–water partition coefficient (Wildman–Crippen LogP) is 3.75. The maximum Gasteiger partial charge on any atom is 0.257 e. The van der Waals surface area contributed by atoms with Crippen LogP contribution in [0.5, 0.6) is 0 Å². The fraction of sp³-hybridized carbons (Fsp3) is 0.333. The van der Waals surface area contributed by atoms with E-state index in [0.717, 1.165) is 16.9 Å². The highest BCUT2D eigenvalue weighted by Crippen LogP contribution is 2.29. The second kappa shape index (κ2) is 10.1. The van der Waals surface area contributed by atoms with Gasteiger partial charge in [-0.1, -0.05) is 33.8 Å². The molecule has 0 saturated heterocycles. The summed E-state index contributed by atoms with van der Waals surface area (Å²) in [5.74, 6) is -0.312. The molecule has 0 fully saturated rings. The summed E-state index contributed by atoms with van der Waals surface area (Å²) in [7, 11) is 0. The van der Waals surface area contributed by atoms with Crippen LogP contribution >= 0.6 is 0 Å². The molecule has 32 heavy (non-hydrogen) atoms. The Morgan fingerprint density at radius 1 is 1.00 bits per heavy atom. The third kappa shape index (κ3) is 5.94. The molecule has 0 radical (unpaired) electrons. The first-order valence-corrected chi connectivity index (χ1v) is 10.7. The average Bonchev–Trinajstić information content (AvgIpc) is 2.74. The number of hydrogen-bond acceptors (Lipinski definition) is 5. The number of carbonyl (C=O) groups excluding carboxylic acids is 3. The van der Waals surface area contributed by atoms with Crippen LogP contribution in [0.3, 0.4) is 0 Å². The molecule has 0 aliphatic carbocycles. The number of guanidine groups is 1. The molecule has 0 spiro atoms. The number of benzene rings is 2. The summed E-state index contributed by atoms with van der Waals surface area (Å²) in [5, 5.41) is 11.5. The van der Waals surface area contributed by atoms with Crippen molar-refractivity contribution in [3.63, 3.8) is 0 Å². The van der Waals surface area contributed by atoms with Gasteiger partial charge in [0.05, 0.1) is 6.54 Å². The van der Waals surface area contributed by atoms with Crippen LogP contribution in [0.4, 0.5) is 17.1 Å². The third-order valence-electron chi connectivity index (χ3n) is 4.97. The summed E-state index contributed by atoms with van der Waals surface area (Å²) in [6.07, 6.45) is 0.319. The van der Waals surface area contributed by atoms with Gasteiger partial charge < -0.3 is 10.6 Å². The highest BCUT2D eigenvalue weighted by Gasteiger charge is 2.17. The maximum atomic E-state index is 12.7.